The number of carbonyl (C=O) groups is 2. The number of carboxylic acids is 1. The van der Waals surface area contributed by atoms with Gasteiger partial charge >= 0.3 is 12.1 Å². The number of fused-ring (bicyclic) bond motifs is 3. The minimum atomic E-state index is -1.27. The maximum absolute atomic E-state index is 13.0. The number of benzene rings is 5. The van der Waals surface area contributed by atoms with E-state index in [9.17, 15) is 14.7 Å². The SMILES string of the molecule is O=C(N[C@@H](Cc1cn(C(c2ccccc2)(c2ccccc2)c2ccccc2Cl)cn1)C(=O)O)OCC1c2ccccc2-c2ccccc21. The van der Waals surface area contributed by atoms with Crippen LogP contribution in [0.5, 0.6) is 0 Å². The van der Waals surface area contributed by atoms with Gasteiger partial charge in [-0.1, -0.05) is 139 Å². The van der Waals surface area contributed by atoms with E-state index in [0.717, 1.165) is 38.9 Å². The number of imidazole rings is 1. The number of halogens is 1. The summed E-state index contributed by atoms with van der Waals surface area (Å²) in [6.07, 6.45) is 2.64. The molecule has 1 heterocycles. The molecule has 0 spiro atoms. The van der Waals surface area contributed by atoms with E-state index in [-0.39, 0.29) is 18.9 Å². The van der Waals surface area contributed by atoms with Gasteiger partial charge in [-0.2, -0.15) is 0 Å². The van der Waals surface area contributed by atoms with Gasteiger partial charge in [0.15, 0.2) is 0 Å². The smallest absolute Gasteiger partial charge is 0.407 e. The van der Waals surface area contributed by atoms with Gasteiger partial charge in [0.2, 0.25) is 0 Å². The predicted octanol–water partition coefficient (Wildman–Crippen LogP) is 7.91. The molecule has 2 N–H and O–H groups in total. The highest BCUT2D eigenvalue weighted by molar-refractivity contribution is 6.31. The Labute approximate surface area is 283 Å². The summed E-state index contributed by atoms with van der Waals surface area (Å²) in [5, 5.41) is 13.3. The minimum Gasteiger partial charge on any atom is -0.480 e. The molecular formula is C40H32ClN3O4. The average molecular weight is 654 g/mol. The Kier molecular flexibility index (Phi) is 8.53. The van der Waals surface area contributed by atoms with Gasteiger partial charge in [-0.25, -0.2) is 14.6 Å². The highest BCUT2D eigenvalue weighted by Crippen LogP contribution is 2.45. The number of amides is 1. The summed E-state index contributed by atoms with van der Waals surface area (Å²) in [6.45, 7) is 0.0787. The maximum Gasteiger partial charge on any atom is 0.407 e. The maximum atomic E-state index is 13.0. The molecule has 1 aliphatic rings. The van der Waals surface area contributed by atoms with E-state index in [0.29, 0.717) is 10.7 Å². The Bertz CT molecular complexity index is 1990. The lowest BCUT2D eigenvalue weighted by atomic mass is 9.76. The van der Waals surface area contributed by atoms with Crippen molar-refractivity contribution in [2.24, 2.45) is 0 Å². The lowest BCUT2D eigenvalue weighted by Gasteiger charge is -2.37. The Morgan fingerprint density at radius 2 is 1.33 bits per heavy atom. The topological polar surface area (TPSA) is 93.5 Å². The van der Waals surface area contributed by atoms with Crippen molar-refractivity contribution in [1.82, 2.24) is 14.9 Å². The Morgan fingerprint density at radius 1 is 0.792 bits per heavy atom. The van der Waals surface area contributed by atoms with E-state index in [1.54, 1.807) is 6.33 Å². The quantitative estimate of drug-likeness (QED) is 0.147. The number of carbonyl (C=O) groups excluding carboxylic acids is 1. The molecule has 0 fully saturated rings. The van der Waals surface area contributed by atoms with Crippen LogP contribution in [-0.4, -0.2) is 39.4 Å². The third-order valence-corrected chi connectivity index (χ3v) is 9.35. The van der Waals surface area contributed by atoms with E-state index in [2.05, 4.69) is 22.4 Å². The molecule has 0 radical (unpaired) electrons. The first kappa shape index (κ1) is 31.0. The van der Waals surface area contributed by atoms with Crippen molar-refractivity contribution in [3.8, 4) is 11.1 Å². The minimum absolute atomic E-state index is 0.0608. The number of carboxylic acid groups (broad SMARTS) is 1. The number of aromatic nitrogens is 2. The molecule has 7 rings (SSSR count). The number of rotatable bonds is 10. The highest BCUT2D eigenvalue weighted by atomic mass is 35.5. The molecule has 0 saturated carbocycles. The number of alkyl carbamates (subject to hydrolysis) is 1. The lowest BCUT2D eigenvalue weighted by molar-refractivity contribution is -0.139. The van der Waals surface area contributed by atoms with Crippen LogP contribution in [-0.2, 0) is 21.5 Å². The Balaban J connectivity index is 1.16. The third-order valence-electron chi connectivity index (χ3n) is 9.02. The van der Waals surface area contributed by atoms with Crippen LogP contribution >= 0.6 is 11.6 Å². The van der Waals surface area contributed by atoms with Crippen LogP contribution in [0.1, 0.15) is 39.4 Å². The van der Waals surface area contributed by atoms with Crippen LogP contribution < -0.4 is 5.32 Å². The molecule has 5 aromatic carbocycles. The van der Waals surface area contributed by atoms with Gasteiger partial charge in [0.25, 0.3) is 0 Å². The zero-order valence-electron chi connectivity index (χ0n) is 25.9. The van der Waals surface area contributed by atoms with Crippen molar-refractivity contribution in [2.45, 2.75) is 23.9 Å². The molecule has 1 amide bonds. The third kappa shape index (κ3) is 5.63. The molecule has 0 aliphatic heterocycles. The normalized spacial score (nSPS) is 12.9. The average Bonchev–Trinajstić information content (AvgIpc) is 3.72. The van der Waals surface area contributed by atoms with Gasteiger partial charge < -0.3 is 19.7 Å². The lowest BCUT2D eigenvalue weighted by Crippen LogP contribution is -2.43. The second-order valence-electron chi connectivity index (χ2n) is 11.8. The molecule has 0 bridgehead atoms. The largest absolute Gasteiger partial charge is 0.480 e. The van der Waals surface area contributed by atoms with Gasteiger partial charge in [-0.05, 0) is 39.4 Å². The van der Waals surface area contributed by atoms with E-state index >= 15 is 0 Å². The van der Waals surface area contributed by atoms with Crippen molar-refractivity contribution in [2.75, 3.05) is 6.61 Å². The van der Waals surface area contributed by atoms with Gasteiger partial charge in [0.1, 0.15) is 18.2 Å². The number of hydrogen-bond donors (Lipinski definition) is 2. The summed E-state index contributed by atoms with van der Waals surface area (Å²) in [7, 11) is 0. The fourth-order valence-corrected chi connectivity index (χ4v) is 7.14. The van der Waals surface area contributed by atoms with E-state index in [1.165, 1.54) is 0 Å². The van der Waals surface area contributed by atoms with Crippen LogP contribution in [0.2, 0.25) is 5.02 Å². The predicted molar refractivity (Wildman–Crippen MR) is 185 cm³/mol. The number of aliphatic carboxylic acids is 1. The summed E-state index contributed by atoms with van der Waals surface area (Å²) in [6, 6.07) is 42.4. The summed E-state index contributed by atoms with van der Waals surface area (Å²) in [4.78, 5) is 30.1. The molecule has 1 aliphatic carbocycles. The van der Waals surface area contributed by atoms with E-state index in [1.807, 2.05) is 132 Å². The summed E-state index contributed by atoms with van der Waals surface area (Å²) in [5.74, 6) is -1.34. The number of nitrogens with zero attached hydrogens (tertiary/aromatic N) is 2. The van der Waals surface area contributed by atoms with Crippen LogP contribution in [0.15, 0.2) is 146 Å². The molecule has 6 aromatic rings. The van der Waals surface area contributed by atoms with Crippen molar-refractivity contribution in [1.29, 1.82) is 0 Å². The molecule has 0 unspecified atom stereocenters. The van der Waals surface area contributed by atoms with Crippen LogP contribution in [0.3, 0.4) is 0 Å². The van der Waals surface area contributed by atoms with Gasteiger partial charge in [-0.15, -0.1) is 0 Å². The fraction of sp³-hybridized carbons (Fsp3) is 0.125. The van der Waals surface area contributed by atoms with Crippen molar-refractivity contribution in [3.63, 3.8) is 0 Å². The first-order valence-electron chi connectivity index (χ1n) is 15.7. The second kappa shape index (κ2) is 13.2. The van der Waals surface area contributed by atoms with Gasteiger partial charge in [0, 0.05) is 29.1 Å². The van der Waals surface area contributed by atoms with Gasteiger partial charge in [0.05, 0.1) is 12.0 Å². The summed E-state index contributed by atoms with van der Waals surface area (Å²) >= 11 is 6.91. The van der Waals surface area contributed by atoms with Crippen molar-refractivity contribution < 1.29 is 19.4 Å². The monoisotopic (exact) mass is 653 g/mol. The Hall–Kier alpha value is -5.66. The van der Waals surface area contributed by atoms with E-state index < -0.39 is 23.6 Å². The molecule has 48 heavy (non-hydrogen) atoms. The van der Waals surface area contributed by atoms with Gasteiger partial charge in [-0.3, -0.25) is 0 Å². The molecular weight excluding hydrogens is 622 g/mol. The van der Waals surface area contributed by atoms with Crippen molar-refractivity contribution >= 4 is 23.7 Å². The Morgan fingerprint density at radius 3 is 1.92 bits per heavy atom. The zero-order chi connectivity index (χ0) is 33.1. The number of ether oxygens (including phenoxy) is 1. The standard InChI is InChI=1S/C40H32ClN3O4/c41-36-22-12-11-21-35(36)40(27-13-3-1-4-14-27,28-15-5-2-6-16-28)44-24-29(42-26-44)23-37(38(45)46)43-39(47)48-25-34-32-19-9-7-17-30(32)31-18-8-10-20-33(31)34/h1-22,24,26,34,37H,23,25H2,(H,43,47)(H,45,46)/t37-/m0/s1. The van der Waals surface area contributed by atoms with Crippen LogP contribution in [0, 0.1) is 0 Å². The van der Waals surface area contributed by atoms with Crippen molar-refractivity contribution in [3.05, 3.63) is 185 Å². The fourth-order valence-electron chi connectivity index (χ4n) is 6.87. The molecule has 238 valence electrons. The second-order valence-corrected chi connectivity index (χ2v) is 12.2. The first-order valence-corrected chi connectivity index (χ1v) is 16.1. The number of nitrogens with one attached hydrogen (secondary N) is 1. The molecule has 1 atom stereocenters. The number of hydrogen-bond acceptors (Lipinski definition) is 4. The summed E-state index contributed by atoms with van der Waals surface area (Å²) in [5.41, 5.74) is 6.64. The molecule has 8 heteroatoms. The molecule has 0 saturated heterocycles. The first-order chi connectivity index (χ1) is 23.5. The molecule has 1 aromatic heterocycles. The molecule has 7 nitrogen and oxygen atoms in total. The van der Waals surface area contributed by atoms with Crippen LogP contribution in [0.4, 0.5) is 4.79 Å². The van der Waals surface area contributed by atoms with Crippen LogP contribution in [0.25, 0.3) is 11.1 Å². The highest BCUT2D eigenvalue weighted by Gasteiger charge is 2.40. The summed E-state index contributed by atoms with van der Waals surface area (Å²) < 4.78 is 7.61. The van der Waals surface area contributed by atoms with E-state index in [4.69, 9.17) is 16.3 Å². The zero-order valence-corrected chi connectivity index (χ0v) is 26.6.